The molecule has 0 bridgehead atoms. The van der Waals surface area contributed by atoms with E-state index in [1.165, 1.54) is 5.57 Å². The van der Waals surface area contributed by atoms with Gasteiger partial charge in [-0.15, -0.1) is 0 Å². The minimum absolute atomic E-state index is 0.168. The van der Waals surface area contributed by atoms with E-state index in [9.17, 15) is 9.59 Å². The molecule has 0 aromatic rings. The standard InChI is InChI=1S/C16H15NO3/c18-13-5-6-14-11(15(13)19)8-10-7-9-3-1-2-4-12(9)17-16(10)20-14/h1-3,7-8,12,14,16-17H,4-6H2. The molecule has 4 heteroatoms. The lowest BCUT2D eigenvalue weighted by Crippen LogP contribution is -2.50. The van der Waals surface area contributed by atoms with Crippen molar-refractivity contribution in [3.05, 3.63) is 47.1 Å². The predicted octanol–water partition coefficient (Wildman–Crippen LogP) is 1.35. The molecule has 1 fully saturated rings. The number of hydrogen-bond acceptors (Lipinski definition) is 4. The molecule has 20 heavy (non-hydrogen) atoms. The monoisotopic (exact) mass is 269 g/mol. The fourth-order valence-electron chi connectivity index (χ4n) is 3.22. The molecule has 102 valence electrons. The van der Waals surface area contributed by atoms with Crippen molar-refractivity contribution in [1.82, 2.24) is 5.32 Å². The quantitative estimate of drug-likeness (QED) is 0.675. The number of Topliss-reactive ketones (excluding diaryl/α,β-unsaturated/α-hetero) is 2. The molecule has 2 aliphatic carbocycles. The highest BCUT2D eigenvalue weighted by molar-refractivity contribution is 6.44. The first-order valence-corrected chi connectivity index (χ1v) is 7.01. The Labute approximate surface area is 116 Å². The van der Waals surface area contributed by atoms with Crippen LogP contribution in [0.15, 0.2) is 47.1 Å². The summed E-state index contributed by atoms with van der Waals surface area (Å²) in [4.78, 5) is 23.5. The highest BCUT2D eigenvalue weighted by Gasteiger charge is 2.39. The molecule has 4 nitrogen and oxygen atoms in total. The Hall–Kier alpha value is -1.78. The van der Waals surface area contributed by atoms with Gasteiger partial charge in [0.2, 0.25) is 11.6 Å². The highest BCUT2D eigenvalue weighted by atomic mass is 16.5. The zero-order chi connectivity index (χ0) is 13.7. The van der Waals surface area contributed by atoms with Gasteiger partial charge in [0.05, 0.1) is 6.10 Å². The zero-order valence-corrected chi connectivity index (χ0v) is 11.0. The van der Waals surface area contributed by atoms with E-state index < -0.39 is 0 Å². The third-order valence-electron chi connectivity index (χ3n) is 4.31. The summed E-state index contributed by atoms with van der Waals surface area (Å²) in [6, 6.07) is 0.282. The lowest BCUT2D eigenvalue weighted by molar-refractivity contribution is -0.138. The predicted molar refractivity (Wildman–Crippen MR) is 72.8 cm³/mol. The van der Waals surface area contributed by atoms with Crippen LogP contribution in [0.1, 0.15) is 19.3 Å². The maximum absolute atomic E-state index is 11.9. The van der Waals surface area contributed by atoms with Crippen molar-refractivity contribution >= 4 is 11.6 Å². The van der Waals surface area contributed by atoms with Crippen molar-refractivity contribution in [2.75, 3.05) is 0 Å². The van der Waals surface area contributed by atoms with Crippen LogP contribution < -0.4 is 5.32 Å². The van der Waals surface area contributed by atoms with E-state index in [2.05, 4.69) is 23.5 Å². The van der Waals surface area contributed by atoms with Crippen LogP contribution in [0.2, 0.25) is 0 Å². The Morgan fingerprint density at radius 1 is 1.20 bits per heavy atom. The minimum atomic E-state index is -0.375. The summed E-state index contributed by atoms with van der Waals surface area (Å²) in [5.74, 6) is -0.670. The molecule has 0 amide bonds. The summed E-state index contributed by atoms with van der Waals surface area (Å²) in [5.41, 5.74) is 2.67. The maximum atomic E-state index is 11.9. The number of ketones is 2. The first kappa shape index (κ1) is 12.0. The number of ether oxygens (including phenoxy) is 1. The largest absolute Gasteiger partial charge is 0.351 e. The molecule has 1 saturated carbocycles. The number of nitrogens with one attached hydrogen (secondary N) is 1. The van der Waals surface area contributed by atoms with E-state index in [4.69, 9.17) is 4.74 Å². The van der Waals surface area contributed by atoms with Crippen LogP contribution in [-0.2, 0) is 14.3 Å². The van der Waals surface area contributed by atoms with Crippen molar-refractivity contribution in [1.29, 1.82) is 0 Å². The van der Waals surface area contributed by atoms with Gasteiger partial charge < -0.3 is 4.74 Å². The van der Waals surface area contributed by atoms with Crippen LogP contribution in [0.5, 0.6) is 0 Å². The van der Waals surface area contributed by atoms with Crippen LogP contribution in [0.3, 0.4) is 0 Å². The van der Waals surface area contributed by atoms with Gasteiger partial charge in [0.1, 0.15) is 6.23 Å². The van der Waals surface area contributed by atoms with E-state index in [1.807, 2.05) is 12.2 Å². The minimum Gasteiger partial charge on any atom is -0.351 e. The smallest absolute Gasteiger partial charge is 0.227 e. The van der Waals surface area contributed by atoms with Gasteiger partial charge in [0, 0.05) is 18.0 Å². The van der Waals surface area contributed by atoms with Gasteiger partial charge in [-0.3, -0.25) is 14.9 Å². The Balaban J connectivity index is 1.74. The second-order valence-electron chi connectivity index (χ2n) is 5.59. The van der Waals surface area contributed by atoms with Crippen LogP contribution in [-0.4, -0.2) is 29.9 Å². The van der Waals surface area contributed by atoms with Crippen LogP contribution in [0.4, 0.5) is 0 Å². The first-order chi connectivity index (χ1) is 9.72. The maximum Gasteiger partial charge on any atom is 0.227 e. The average Bonchev–Trinajstić information content (AvgIpc) is 2.47. The van der Waals surface area contributed by atoms with Crippen LogP contribution in [0, 0.1) is 0 Å². The molecule has 3 unspecified atom stereocenters. The van der Waals surface area contributed by atoms with Crippen molar-refractivity contribution in [3.63, 3.8) is 0 Å². The van der Waals surface area contributed by atoms with Gasteiger partial charge in [-0.25, -0.2) is 0 Å². The molecular formula is C16H15NO3. The van der Waals surface area contributed by atoms with Crippen molar-refractivity contribution < 1.29 is 14.3 Å². The molecular weight excluding hydrogens is 254 g/mol. The molecule has 0 radical (unpaired) electrons. The average molecular weight is 269 g/mol. The Bertz CT molecular complexity index is 624. The summed E-state index contributed by atoms with van der Waals surface area (Å²) in [7, 11) is 0. The number of hydrogen-bond donors (Lipinski definition) is 1. The summed E-state index contributed by atoms with van der Waals surface area (Å²) >= 11 is 0. The summed E-state index contributed by atoms with van der Waals surface area (Å²) in [6.07, 6.45) is 11.6. The molecule has 3 atom stereocenters. The lowest BCUT2D eigenvalue weighted by Gasteiger charge is -2.39. The second kappa shape index (κ2) is 4.36. The molecule has 4 rings (SSSR count). The first-order valence-electron chi connectivity index (χ1n) is 7.01. The van der Waals surface area contributed by atoms with Crippen molar-refractivity contribution in [2.24, 2.45) is 0 Å². The molecule has 2 aliphatic heterocycles. The van der Waals surface area contributed by atoms with E-state index in [0.29, 0.717) is 18.4 Å². The number of rotatable bonds is 0. The fourth-order valence-corrected chi connectivity index (χ4v) is 3.22. The summed E-state index contributed by atoms with van der Waals surface area (Å²) < 4.78 is 5.99. The van der Waals surface area contributed by atoms with Gasteiger partial charge in [-0.05, 0) is 30.1 Å². The second-order valence-corrected chi connectivity index (χ2v) is 5.59. The van der Waals surface area contributed by atoms with E-state index in [-0.39, 0.29) is 29.9 Å². The lowest BCUT2D eigenvalue weighted by atomic mass is 9.84. The molecule has 1 N–H and O–H groups in total. The van der Waals surface area contributed by atoms with Crippen molar-refractivity contribution in [2.45, 2.75) is 37.6 Å². The molecule has 4 aliphatic rings. The zero-order valence-electron chi connectivity index (χ0n) is 11.0. The third-order valence-corrected chi connectivity index (χ3v) is 4.31. The summed E-state index contributed by atoms with van der Waals surface area (Å²) in [6.45, 7) is 0. The van der Waals surface area contributed by atoms with Gasteiger partial charge in [0.25, 0.3) is 0 Å². The van der Waals surface area contributed by atoms with Gasteiger partial charge in [-0.2, -0.15) is 0 Å². The Kier molecular flexibility index (Phi) is 2.62. The Morgan fingerprint density at radius 2 is 2.10 bits per heavy atom. The van der Waals surface area contributed by atoms with Gasteiger partial charge in [0.15, 0.2) is 0 Å². The van der Waals surface area contributed by atoms with Gasteiger partial charge >= 0.3 is 0 Å². The molecule has 2 heterocycles. The molecule has 0 spiro atoms. The van der Waals surface area contributed by atoms with E-state index >= 15 is 0 Å². The number of carbonyl (C=O) groups excluding carboxylic acids is 2. The highest BCUT2D eigenvalue weighted by Crippen LogP contribution is 2.34. The van der Waals surface area contributed by atoms with Crippen LogP contribution in [0.25, 0.3) is 0 Å². The van der Waals surface area contributed by atoms with E-state index in [1.54, 1.807) is 0 Å². The molecule has 0 aromatic carbocycles. The van der Waals surface area contributed by atoms with Crippen molar-refractivity contribution in [3.8, 4) is 0 Å². The summed E-state index contributed by atoms with van der Waals surface area (Å²) in [5, 5.41) is 3.47. The van der Waals surface area contributed by atoms with E-state index in [0.717, 1.165) is 12.0 Å². The topological polar surface area (TPSA) is 55.4 Å². The number of allylic oxidation sites excluding steroid dienone is 2. The van der Waals surface area contributed by atoms with Crippen LogP contribution >= 0.6 is 0 Å². The number of fused-ring (bicyclic) bond motifs is 3. The fraction of sp³-hybridized carbons (Fsp3) is 0.375. The molecule has 0 aromatic heterocycles. The molecule has 0 saturated heterocycles. The Morgan fingerprint density at radius 3 is 3.00 bits per heavy atom. The third kappa shape index (κ3) is 1.76. The van der Waals surface area contributed by atoms with Gasteiger partial charge in [-0.1, -0.05) is 24.3 Å². The normalized spacial score (nSPS) is 35.4. The SMILES string of the molecule is O=C1CCC2OC3NC4CC=CC=C4C=C3C=C2C1=O. The number of carbonyl (C=O) groups is 2.